The van der Waals surface area contributed by atoms with Crippen molar-refractivity contribution in [2.45, 2.75) is 140 Å². The number of likely N-dealkylation sites (tertiary alicyclic amines) is 1. The normalized spacial score (nSPS) is 26.0. The Bertz CT molecular complexity index is 1880. The average Bonchev–Trinajstić information content (AvgIpc) is 3.95. The number of halogens is 6. The van der Waals surface area contributed by atoms with Crippen LogP contribution in [0.2, 0.25) is 10.0 Å². The molecule has 2 aliphatic heterocycles. The van der Waals surface area contributed by atoms with E-state index in [1.54, 1.807) is 18.2 Å². The summed E-state index contributed by atoms with van der Waals surface area (Å²) >= 11 is 12.7. The molecule has 1 aromatic rings. The highest BCUT2D eigenvalue weighted by molar-refractivity contribution is 6.33. The van der Waals surface area contributed by atoms with Crippen LogP contribution < -0.4 is 21.3 Å². The van der Waals surface area contributed by atoms with Gasteiger partial charge < -0.3 is 41.1 Å². The Morgan fingerprint density at radius 1 is 1.05 bits per heavy atom. The summed E-state index contributed by atoms with van der Waals surface area (Å²) in [6.45, 7) is 6.09. The van der Waals surface area contributed by atoms with E-state index in [4.69, 9.17) is 23.2 Å². The molecule has 4 rings (SSSR count). The Labute approximate surface area is 368 Å². The standard InChI is InChI=1S/C41H57Cl2F4N7O8/c1-21(2)16-27-35(58)53(7)29(18-23-17-24(42)13-14-26(23)43)34(57)51-39(3,4)37(60)48-15-9-8-10-28(32(55)49-27)52(6)36(59)31(22-11-12-22)50-33(56)30-19-25(44)20-54(30)38(61)40(5,62)41(45,46)47/h13-14,17,21-22,25,27-31,62H,8-12,15-16,18-20H2,1-7H3,(H,48,60)(H,49,55)(H,50,56)(H,51,57)/t25-,27+,28+,29+,30+,31+,40-/m1/s1. The number of alkyl halides is 4. The summed E-state index contributed by atoms with van der Waals surface area (Å²) in [7, 11) is 2.70. The van der Waals surface area contributed by atoms with Crippen molar-refractivity contribution in [2.75, 3.05) is 27.2 Å². The van der Waals surface area contributed by atoms with Crippen LogP contribution in [0.5, 0.6) is 0 Å². The number of hydrogen-bond donors (Lipinski definition) is 5. The molecule has 15 nitrogen and oxygen atoms in total. The minimum Gasteiger partial charge on any atom is -0.373 e. The third kappa shape index (κ3) is 12.1. The zero-order valence-corrected chi connectivity index (χ0v) is 37.3. The van der Waals surface area contributed by atoms with E-state index in [1.165, 1.54) is 27.9 Å². The first kappa shape index (κ1) is 50.4. The van der Waals surface area contributed by atoms with Crippen molar-refractivity contribution < 1.29 is 56.2 Å². The van der Waals surface area contributed by atoms with Gasteiger partial charge in [-0.3, -0.25) is 33.6 Å². The van der Waals surface area contributed by atoms with Crippen LogP contribution in [0.1, 0.15) is 85.1 Å². The van der Waals surface area contributed by atoms with Crippen LogP contribution in [0, 0.1) is 11.8 Å². The van der Waals surface area contributed by atoms with Gasteiger partial charge in [0.15, 0.2) is 0 Å². The molecule has 2 saturated heterocycles. The first-order valence-corrected chi connectivity index (χ1v) is 21.4. The Morgan fingerprint density at radius 3 is 2.29 bits per heavy atom. The van der Waals surface area contributed by atoms with Crippen LogP contribution in [0.4, 0.5) is 17.6 Å². The van der Waals surface area contributed by atoms with Crippen molar-refractivity contribution >= 4 is 64.6 Å². The number of rotatable bonds is 10. The summed E-state index contributed by atoms with van der Waals surface area (Å²) in [6, 6.07) is -2.21. The molecule has 0 radical (unpaired) electrons. The van der Waals surface area contributed by atoms with Crippen LogP contribution in [0.15, 0.2) is 18.2 Å². The van der Waals surface area contributed by atoms with Crippen molar-refractivity contribution in [3.05, 3.63) is 33.8 Å². The van der Waals surface area contributed by atoms with Crippen molar-refractivity contribution in [3.63, 3.8) is 0 Å². The molecule has 3 aliphatic rings. The van der Waals surface area contributed by atoms with E-state index in [2.05, 4.69) is 21.3 Å². The summed E-state index contributed by atoms with van der Waals surface area (Å²) in [5, 5.41) is 21.4. The summed E-state index contributed by atoms with van der Waals surface area (Å²) in [4.78, 5) is 99.7. The van der Waals surface area contributed by atoms with Crippen LogP contribution in [0.3, 0.4) is 0 Å². The van der Waals surface area contributed by atoms with E-state index in [-0.39, 0.29) is 50.1 Å². The molecular formula is C41H57Cl2F4N7O8. The number of aliphatic hydroxyl groups is 1. The lowest BCUT2D eigenvalue weighted by molar-refractivity contribution is -0.250. The SMILES string of the molecule is CC(C)C[C@@H]1NC(=O)[C@@H](N(C)C(=O)[C@@H](NC(=O)[C@@H]2C[C@@H](F)CN2C(=O)[C@@](C)(O)C(F)(F)F)C2CC2)CCCCNC(=O)C(C)(C)NC(=O)[C@H](Cc2cc(Cl)ccc2Cl)N(C)C1=O. The summed E-state index contributed by atoms with van der Waals surface area (Å²) in [5.41, 5.74) is -4.93. The molecule has 21 heteroatoms. The van der Waals surface area contributed by atoms with Gasteiger partial charge in [-0.25, -0.2) is 4.39 Å². The van der Waals surface area contributed by atoms with Crippen molar-refractivity contribution in [1.82, 2.24) is 36.0 Å². The molecule has 0 spiro atoms. The molecule has 7 atom stereocenters. The second-order valence-corrected chi connectivity index (χ2v) is 18.5. The number of amides is 7. The number of likely N-dealkylation sites (N-methyl/N-ethyl adjacent to an activating group) is 2. The highest BCUT2D eigenvalue weighted by atomic mass is 35.5. The maximum atomic E-state index is 14.6. The predicted octanol–water partition coefficient (Wildman–Crippen LogP) is 3.06. The minimum absolute atomic E-state index is 0.0185. The second kappa shape index (κ2) is 20.1. The van der Waals surface area contributed by atoms with E-state index in [0.29, 0.717) is 34.7 Å². The number of carbonyl (C=O) groups is 7. The average molecular weight is 923 g/mol. The Hall–Kier alpha value is -4.23. The quantitative estimate of drug-likeness (QED) is 0.221. The molecule has 62 heavy (non-hydrogen) atoms. The molecule has 1 saturated carbocycles. The van der Waals surface area contributed by atoms with E-state index in [0.717, 1.165) is 9.80 Å². The third-order valence-electron chi connectivity index (χ3n) is 11.6. The fourth-order valence-electron chi connectivity index (χ4n) is 7.60. The van der Waals surface area contributed by atoms with Gasteiger partial charge in [0.05, 0.1) is 6.54 Å². The molecule has 3 fully saturated rings. The predicted molar refractivity (Wildman–Crippen MR) is 220 cm³/mol. The van der Waals surface area contributed by atoms with Crippen LogP contribution >= 0.6 is 23.2 Å². The Morgan fingerprint density at radius 2 is 1.69 bits per heavy atom. The van der Waals surface area contributed by atoms with Crippen LogP contribution in [-0.2, 0) is 40.0 Å². The molecule has 0 unspecified atom stereocenters. The van der Waals surface area contributed by atoms with Gasteiger partial charge in [0.2, 0.25) is 41.0 Å². The molecule has 5 N–H and O–H groups in total. The number of nitrogens with one attached hydrogen (secondary N) is 4. The highest BCUT2D eigenvalue weighted by Crippen LogP contribution is 2.36. The molecule has 0 aromatic heterocycles. The maximum absolute atomic E-state index is 14.6. The molecule has 2 heterocycles. The largest absolute Gasteiger partial charge is 0.426 e. The maximum Gasteiger partial charge on any atom is 0.426 e. The van der Waals surface area contributed by atoms with Gasteiger partial charge in [-0.2, -0.15) is 13.2 Å². The molecule has 7 amide bonds. The van der Waals surface area contributed by atoms with E-state index >= 15 is 0 Å². The lowest BCUT2D eigenvalue weighted by Crippen LogP contribution is -2.62. The van der Waals surface area contributed by atoms with E-state index in [1.807, 2.05) is 13.8 Å². The van der Waals surface area contributed by atoms with Gasteiger partial charge in [-0.1, -0.05) is 37.0 Å². The lowest BCUT2D eigenvalue weighted by atomic mass is 9.97. The van der Waals surface area contributed by atoms with Gasteiger partial charge in [-0.15, -0.1) is 0 Å². The lowest BCUT2D eigenvalue weighted by Gasteiger charge is -2.36. The van der Waals surface area contributed by atoms with Gasteiger partial charge in [0.25, 0.3) is 5.91 Å². The second-order valence-electron chi connectivity index (χ2n) is 17.6. The van der Waals surface area contributed by atoms with Crippen LogP contribution in [-0.4, -0.2) is 142 Å². The number of nitrogens with zero attached hydrogens (tertiary/aromatic N) is 3. The molecule has 1 aliphatic carbocycles. The van der Waals surface area contributed by atoms with Gasteiger partial charge in [0.1, 0.15) is 41.9 Å². The highest BCUT2D eigenvalue weighted by Gasteiger charge is 2.59. The zero-order valence-electron chi connectivity index (χ0n) is 35.8. The number of hydrogen-bond acceptors (Lipinski definition) is 8. The summed E-state index contributed by atoms with van der Waals surface area (Å²) in [5.74, 6) is -7.06. The van der Waals surface area contributed by atoms with Crippen molar-refractivity contribution in [3.8, 4) is 0 Å². The Kier molecular flexibility index (Phi) is 16.3. The first-order chi connectivity index (χ1) is 28.7. The number of carbonyl (C=O) groups excluding carboxylic acids is 7. The smallest absolute Gasteiger partial charge is 0.373 e. The van der Waals surface area contributed by atoms with E-state index in [9.17, 15) is 56.2 Å². The molecular weight excluding hydrogens is 865 g/mol. The van der Waals surface area contributed by atoms with Gasteiger partial charge >= 0.3 is 6.18 Å². The fraction of sp³-hybridized carbons (Fsp3) is 0.683. The molecule has 1 aromatic carbocycles. The molecule has 0 bridgehead atoms. The summed E-state index contributed by atoms with van der Waals surface area (Å²) in [6.07, 6.45) is -6.52. The minimum atomic E-state index is -5.43. The fourth-order valence-corrected chi connectivity index (χ4v) is 7.99. The monoisotopic (exact) mass is 921 g/mol. The topological polar surface area (TPSA) is 198 Å². The Balaban J connectivity index is 1.65. The van der Waals surface area contributed by atoms with Gasteiger partial charge in [-0.05, 0) is 94.9 Å². The third-order valence-corrected chi connectivity index (χ3v) is 12.2. The summed E-state index contributed by atoms with van der Waals surface area (Å²) < 4.78 is 55.4. The first-order valence-electron chi connectivity index (χ1n) is 20.6. The number of benzene rings is 1. The van der Waals surface area contributed by atoms with E-state index < -0.39 is 114 Å². The molecule has 346 valence electrons. The van der Waals surface area contributed by atoms with Gasteiger partial charge in [0, 0.05) is 43.5 Å². The van der Waals surface area contributed by atoms with Crippen molar-refractivity contribution in [1.29, 1.82) is 0 Å². The van der Waals surface area contributed by atoms with Crippen molar-refractivity contribution in [2.24, 2.45) is 11.8 Å². The van der Waals surface area contributed by atoms with Crippen LogP contribution in [0.25, 0.3) is 0 Å². The zero-order chi connectivity index (χ0) is 46.6.